The number of nitrogens with zero attached hydrogens (tertiary/aromatic N) is 2. The van der Waals surface area contributed by atoms with Crippen molar-refractivity contribution in [3.05, 3.63) is 69.0 Å². The fourth-order valence-corrected chi connectivity index (χ4v) is 3.39. The van der Waals surface area contributed by atoms with Crippen molar-refractivity contribution in [2.24, 2.45) is 0 Å². The Hall–Kier alpha value is -2.20. The molecule has 0 amide bonds. The molecule has 5 heteroatoms. The Morgan fingerprint density at radius 3 is 2.87 bits per heavy atom. The first-order chi connectivity index (χ1) is 11.2. The number of pyridine rings is 1. The van der Waals surface area contributed by atoms with E-state index >= 15 is 0 Å². The summed E-state index contributed by atoms with van der Waals surface area (Å²) in [5.74, 6) is 0.644. The SMILES string of the molecule is O=c1[nH]c(C[n+]2ccc3c(c2)CCCC3)nc2cc(Cl)ccc12. The quantitative estimate of drug-likeness (QED) is 0.736. The van der Waals surface area contributed by atoms with Gasteiger partial charge in [0.25, 0.3) is 5.56 Å². The summed E-state index contributed by atoms with van der Waals surface area (Å²) in [5.41, 5.74) is 3.36. The number of aromatic amines is 1. The Balaban J connectivity index is 1.71. The first kappa shape index (κ1) is 14.4. The highest BCUT2D eigenvalue weighted by Gasteiger charge is 2.15. The number of halogens is 1. The van der Waals surface area contributed by atoms with Gasteiger partial charge in [-0.15, -0.1) is 0 Å². The second-order valence-corrected chi connectivity index (χ2v) is 6.49. The molecule has 0 saturated heterocycles. The van der Waals surface area contributed by atoms with Gasteiger partial charge in [-0.3, -0.25) is 4.79 Å². The van der Waals surface area contributed by atoms with E-state index < -0.39 is 0 Å². The summed E-state index contributed by atoms with van der Waals surface area (Å²) in [4.78, 5) is 19.6. The molecule has 1 aliphatic rings. The zero-order chi connectivity index (χ0) is 15.8. The van der Waals surface area contributed by atoms with Crippen LogP contribution in [0.3, 0.4) is 0 Å². The average molecular weight is 327 g/mol. The van der Waals surface area contributed by atoms with Crippen LogP contribution >= 0.6 is 11.6 Å². The van der Waals surface area contributed by atoms with Gasteiger partial charge in [-0.05, 0) is 49.4 Å². The maximum Gasteiger partial charge on any atom is 0.258 e. The van der Waals surface area contributed by atoms with Crippen LogP contribution in [-0.2, 0) is 19.4 Å². The van der Waals surface area contributed by atoms with E-state index in [0.29, 0.717) is 28.3 Å². The molecule has 2 aromatic heterocycles. The summed E-state index contributed by atoms with van der Waals surface area (Å²) >= 11 is 6.01. The van der Waals surface area contributed by atoms with Crippen molar-refractivity contribution in [2.45, 2.75) is 32.2 Å². The fraction of sp³-hybridized carbons (Fsp3) is 0.278. The third-order valence-corrected chi connectivity index (χ3v) is 4.63. The molecule has 3 aromatic rings. The standard InChI is InChI=1S/C18H16ClN3O/c19-14-5-6-15-16(9-14)20-17(21-18(15)23)11-22-8-7-12-3-1-2-4-13(12)10-22/h5-10H,1-4,11H2/p+1. The number of rotatable bonds is 2. The van der Waals surface area contributed by atoms with E-state index in [9.17, 15) is 4.79 Å². The molecule has 0 saturated carbocycles. The van der Waals surface area contributed by atoms with Crippen molar-refractivity contribution < 1.29 is 4.57 Å². The Kier molecular flexibility index (Phi) is 3.62. The Labute approximate surface area is 138 Å². The van der Waals surface area contributed by atoms with Crippen molar-refractivity contribution in [1.29, 1.82) is 0 Å². The minimum Gasteiger partial charge on any atom is -0.305 e. The van der Waals surface area contributed by atoms with Crippen LogP contribution in [0.4, 0.5) is 0 Å². The number of fused-ring (bicyclic) bond motifs is 2. The van der Waals surface area contributed by atoms with Gasteiger partial charge in [-0.2, -0.15) is 4.57 Å². The first-order valence-corrected chi connectivity index (χ1v) is 8.26. The molecule has 0 unspecified atom stereocenters. The fourth-order valence-electron chi connectivity index (χ4n) is 3.23. The third-order valence-electron chi connectivity index (χ3n) is 4.39. The number of aromatic nitrogens is 3. The van der Waals surface area contributed by atoms with Crippen LogP contribution < -0.4 is 10.1 Å². The molecule has 0 radical (unpaired) electrons. The molecule has 1 aliphatic carbocycles. The van der Waals surface area contributed by atoms with Crippen LogP contribution in [0, 0.1) is 0 Å². The molecule has 4 nitrogen and oxygen atoms in total. The summed E-state index contributed by atoms with van der Waals surface area (Å²) < 4.78 is 2.08. The summed E-state index contributed by atoms with van der Waals surface area (Å²) in [7, 11) is 0. The number of nitrogens with one attached hydrogen (secondary N) is 1. The second kappa shape index (κ2) is 5.78. The van der Waals surface area contributed by atoms with Crippen LogP contribution in [0.15, 0.2) is 41.5 Å². The van der Waals surface area contributed by atoms with Gasteiger partial charge >= 0.3 is 0 Å². The minimum absolute atomic E-state index is 0.125. The Bertz CT molecular complexity index is 949. The Morgan fingerprint density at radius 2 is 2.00 bits per heavy atom. The highest BCUT2D eigenvalue weighted by atomic mass is 35.5. The van der Waals surface area contributed by atoms with E-state index in [1.807, 2.05) is 0 Å². The van der Waals surface area contributed by atoms with E-state index in [2.05, 4.69) is 33.0 Å². The van der Waals surface area contributed by atoms with Crippen molar-refractivity contribution in [1.82, 2.24) is 9.97 Å². The molecule has 23 heavy (non-hydrogen) atoms. The van der Waals surface area contributed by atoms with Crippen LogP contribution in [0.5, 0.6) is 0 Å². The molecule has 4 rings (SSSR count). The van der Waals surface area contributed by atoms with Crippen molar-refractivity contribution in [3.63, 3.8) is 0 Å². The molecule has 2 heterocycles. The van der Waals surface area contributed by atoms with E-state index in [1.165, 1.54) is 30.4 Å². The van der Waals surface area contributed by atoms with Crippen molar-refractivity contribution in [2.75, 3.05) is 0 Å². The van der Waals surface area contributed by atoms with Gasteiger partial charge in [0.2, 0.25) is 6.54 Å². The lowest BCUT2D eigenvalue weighted by molar-refractivity contribution is -0.689. The van der Waals surface area contributed by atoms with E-state index in [1.54, 1.807) is 18.2 Å². The zero-order valence-electron chi connectivity index (χ0n) is 12.7. The monoisotopic (exact) mass is 326 g/mol. The third kappa shape index (κ3) is 2.86. The predicted molar refractivity (Wildman–Crippen MR) is 89.8 cm³/mol. The van der Waals surface area contributed by atoms with Crippen LogP contribution in [0.2, 0.25) is 5.02 Å². The van der Waals surface area contributed by atoms with Crippen LogP contribution in [-0.4, -0.2) is 9.97 Å². The summed E-state index contributed by atoms with van der Waals surface area (Å²) in [6, 6.07) is 7.33. The van der Waals surface area contributed by atoms with Gasteiger partial charge in [-0.25, -0.2) is 4.98 Å². The molecule has 0 spiro atoms. The molecular formula is C18H17ClN3O+. The first-order valence-electron chi connectivity index (χ1n) is 7.88. The lowest BCUT2D eigenvalue weighted by Gasteiger charge is -2.13. The maximum absolute atomic E-state index is 12.2. The summed E-state index contributed by atoms with van der Waals surface area (Å²) in [6.07, 6.45) is 9.06. The average Bonchev–Trinajstić information content (AvgIpc) is 2.54. The topological polar surface area (TPSA) is 49.6 Å². The van der Waals surface area contributed by atoms with Gasteiger partial charge in [-0.1, -0.05) is 11.6 Å². The largest absolute Gasteiger partial charge is 0.305 e. The lowest BCUT2D eigenvalue weighted by atomic mass is 9.93. The predicted octanol–water partition coefficient (Wildman–Crippen LogP) is 2.79. The van der Waals surface area contributed by atoms with Gasteiger partial charge in [0.15, 0.2) is 18.2 Å². The van der Waals surface area contributed by atoms with Crippen LogP contribution in [0.25, 0.3) is 10.9 Å². The molecule has 0 aliphatic heterocycles. The van der Waals surface area contributed by atoms with Gasteiger partial charge in [0.05, 0.1) is 10.9 Å². The highest BCUT2D eigenvalue weighted by Crippen LogP contribution is 2.19. The van der Waals surface area contributed by atoms with Gasteiger partial charge in [0, 0.05) is 16.7 Å². The van der Waals surface area contributed by atoms with E-state index in [4.69, 9.17) is 11.6 Å². The van der Waals surface area contributed by atoms with Gasteiger partial charge in [0.1, 0.15) is 0 Å². The zero-order valence-corrected chi connectivity index (χ0v) is 13.4. The van der Waals surface area contributed by atoms with E-state index in [0.717, 1.165) is 6.42 Å². The maximum atomic E-state index is 12.2. The van der Waals surface area contributed by atoms with Gasteiger partial charge < -0.3 is 4.98 Å². The number of H-pyrrole nitrogens is 1. The number of hydrogen-bond donors (Lipinski definition) is 1. The summed E-state index contributed by atoms with van der Waals surface area (Å²) in [6.45, 7) is 0.547. The number of aryl methyl sites for hydroxylation is 2. The number of hydrogen-bond acceptors (Lipinski definition) is 2. The molecular weight excluding hydrogens is 310 g/mol. The lowest BCUT2D eigenvalue weighted by Crippen LogP contribution is -2.36. The number of benzene rings is 1. The minimum atomic E-state index is -0.125. The van der Waals surface area contributed by atoms with Crippen molar-refractivity contribution >= 4 is 22.5 Å². The van der Waals surface area contributed by atoms with E-state index in [-0.39, 0.29) is 5.56 Å². The second-order valence-electron chi connectivity index (χ2n) is 6.05. The normalized spacial score (nSPS) is 14.0. The van der Waals surface area contributed by atoms with Crippen LogP contribution in [0.1, 0.15) is 29.8 Å². The Morgan fingerprint density at radius 1 is 1.17 bits per heavy atom. The molecule has 0 bridgehead atoms. The highest BCUT2D eigenvalue weighted by molar-refractivity contribution is 6.31. The van der Waals surface area contributed by atoms with Crippen molar-refractivity contribution in [3.8, 4) is 0 Å². The molecule has 0 atom stereocenters. The summed E-state index contributed by atoms with van der Waals surface area (Å²) in [5, 5.41) is 1.15. The molecule has 116 valence electrons. The molecule has 1 aromatic carbocycles. The smallest absolute Gasteiger partial charge is 0.258 e. The molecule has 0 fully saturated rings. The molecule has 1 N–H and O–H groups in total.